The quantitative estimate of drug-likeness (QED) is 0.679. The van der Waals surface area contributed by atoms with Crippen molar-refractivity contribution in [3.05, 3.63) is 17.5 Å². The van der Waals surface area contributed by atoms with Crippen LogP contribution in [0, 0.1) is 5.92 Å². The number of aromatic nitrogens is 2. The van der Waals surface area contributed by atoms with E-state index in [1.54, 1.807) is 0 Å². The highest BCUT2D eigenvalue weighted by Gasteiger charge is 2.13. The Kier molecular flexibility index (Phi) is 5.39. The summed E-state index contributed by atoms with van der Waals surface area (Å²) in [6.45, 7) is 9.24. The van der Waals surface area contributed by atoms with Crippen LogP contribution in [0.4, 0.5) is 0 Å². The van der Waals surface area contributed by atoms with Gasteiger partial charge in [-0.3, -0.25) is 9.48 Å². The van der Waals surface area contributed by atoms with Gasteiger partial charge in [-0.2, -0.15) is 5.10 Å². The van der Waals surface area contributed by atoms with Gasteiger partial charge in [-0.15, -0.1) is 0 Å². The molecule has 0 saturated heterocycles. The fourth-order valence-electron chi connectivity index (χ4n) is 1.91. The Labute approximate surface area is 104 Å². The number of carbonyl (C=O) groups excluding carboxylic acids is 1. The van der Waals surface area contributed by atoms with Crippen molar-refractivity contribution in [3.8, 4) is 0 Å². The second-order valence-corrected chi connectivity index (χ2v) is 4.90. The molecule has 0 aliphatic heterocycles. The SMILES string of the molecule is CCc1cc(C(=O)CCCC(C)C)n(CC)n1. The van der Waals surface area contributed by atoms with Crippen molar-refractivity contribution in [3.63, 3.8) is 0 Å². The molecule has 0 bridgehead atoms. The number of Topliss-reactive ketones (excluding diaryl/α,β-unsaturated/α-hetero) is 1. The molecule has 3 heteroatoms. The largest absolute Gasteiger partial charge is 0.292 e. The van der Waals surface area contributed by atoms with E-state index >= 15 is 0 Å². The van der Waals surface area contributed by atoms with Gasteiger partial charge in [-0.1, -0.05) is 27.2 Å². The van der Waals surface area contributed by atoms with Crippen molar-refractivity contribution in [1.29, 1.82) is 0 Å². The van der Waals surface area contributed by atoms with Crippen LogP contribution in [0.25, 0.3) is 0 Å². The lowest BCUT2D eigenvalue weighted by atomic mass is 10.0. The first-order valence-corrected chi connectivity index (χ1v) is 6.68. The topological polar surface area (TPSA) is 34.9 Å². The van der Waals surface area contributed by atoms with Gasteiger partial charge in [0.1, 0.15) is 5.69 Å². The van der Waals surface area contributed by atoms with Crippen LogP contribution in [0.5, 0.6) is 0 Å². The lowest BCUT2D eigenvalue weighted by Crippen LogP contribution is -2.09. The van der Waals surface area contributed by atoms with E-state index in [9.17, 15) is 4.79 Å². The molecule has 0 radical (unpaired) electrons. The van der Waals surface area contributed by atoms with E-state index in [4.69, 9.17) is 0 Å². The predicted octanol–water partition coefficient (Wildman–Crippen LogP) is 3.47. The summed E-state index contributed by atoms with van der Waals surface area (Å²) in [4.78, 5) is 12.1. The molecule has 1 aromatic heterocycles. The van der Waals surface area contributed by atoms with Gasteiger partial charge in [0.2, 0.25) is 0 Å². The van der Waals surface area contributed by atoms with Crippen LogP contribution in [0.2, 0.25) is 0 Å². The van der Waals surface area contributed by atoms with E-state index < -0.39 is 0 Å². The zero-order valence-electron chi connectivity index (χ0n) is 11.5. The summed E-state index contributed by atoms with van der Waals surface area (Å²) in [6.07, 6.45) is 3.63. The van der Waals surface area contributed by atoms with Crippen molar-refractivity contribution in [2.24, 2.45) is 5.92 Å². The molecule has 1 heterocycles. The van der Waals surface area contributed by atoms with E-state index in [1.165, 1.54) is 0 Å². The third kappa shape index (κ3) is 3.99. The molecule has 0 fully saturated rings. The average Bonchev–Trinajstić information content (AvgIpc) is 2.71. The van der Waals surface area contributed by atoms with Crippen LogP contribution in [-0.2, 0) is 13.0 Å². The second-order valence-electron chi connectivity index (χ2n) is 4.90. The van der Waals surface area contributed by atoms with Crippen LogP contribution >= 0.6 is 0 Å². The maximum absolute atomic E-state index is 12.1. The minimum absolute atomic E-state index is 0.236. The van der Waals surface area contributed by atoms with Crippen molar-refractivity contribution >= 4 is 5.78 Å². The van der Waals surface area contributed by atoms with Crippen molar-refractivity contribution in [2.75, 3.05) is 0 Å². The van der Waals surface area contributed by atoms with Gasteiger partial charge < -0.3 is 0 Å². The molecule has 0 N–H and O–H groups in total. The first-order valence-electron chi connectivity index (χ1n) is 6.68. The monoisotopic (exact) mass is 236 g/mol. The number of carbonyl (C=O) groups is 1. The summed E-state index contributed by atoms with van der Waals surface area (Å²) >= 11 is 0. The Balaban J connectivity index is 2.64. The number of rotatable bonds is 7. The number of hydrogen-bond donors (Lipinski definition) is 0. The Morgan fingerprint density at radius 3 is 2.65 bits per heavy atom. The highest BCUT2D eigenvalue weighted by molar-refractivity contribution is 5.94. The molecule has 0 atom stereocenters. The molecule has 0 aromatic carbocycles. The molecule has 96 valence electrons. The first-order chi connectivity index (χ1) is 8.08. The molecular formula is C14H24N2O. The average molecular weight is 236 g/mol. The third-order valence-electron chi connectivity index (χ3n) is 2.96. The summed E-state index contributed by atoms with van der Waals surface area (Å²) in [6, 6.07) is 1.95. The minimum atomic E-state index is 0.236. The highest BCUT2D eigenvalue weighted by atomic mass is 16.1. The zero-order valence-corrected chi connectivity index (χ0v) is 11.5. The van der Waals surface area contributed by atoms with Gasteiger partial charge in [-0.25, -0.2) is 0 Å². The molecule has 0 aliphatic carbocycles. The maximum Gasteiger partial charge on any atom is 0.180 e. The summed E-state index contributed by atoms with van der Waals surface area (Å²) in [5.41, 5.74) is 1.80. The van der Waals surface area contributed by atoms with Gasteiger partial charge in [0.05, 0.1) is 5.69 Å². The van der Waals surface area contributed by atoms with Gasteiger partial charge in [0.15, 0.2) is 5.78 Å². The number of hydrogen-bond acceptors (Lipinski definition) is 2. The van der Waals surface area contributed by atoms with Crippen LogP contribution in [0.3, 0.4) is 0 Å². The van der Waals surface area contributed by atoms with Gasteiger partial charge in [-0.05, 0) is 31.7 Å². The fraction of sp³-hybridized carbons (Fsp3) is 0.714. The van der Waals surface area contributed by atoms with Crippen LogP contribution in [0.15, 0.2) is 6.07 Å². The standard InChI is InChI=1S/C14H24N2O/c1-5-12-10-13(16(6-2)15-12)14(17)9-7-8-11(3)4/h10-11H,5-9H2,1-4H3. The molecule has 0 unspecified atom stereocenters. The summed E-state index contributed by atoms with van der Waals surface area (Å²) < 4.78 is 1.83. The Hall–Kier alpha value is -1.12. The molecule has 17 heavy (non-hydrogen) atoms. The normalized spacial score (nSPS) is 11.1. The smallest absolute Gasteiger partial charge is 0.180 e. The number of aryl methyl sites for hydroxylation is 2. The van der Waals surface area contributed by atoms with Crippen LogP contribution < -0.4 is 0 Å². The Bertz CT molecular complexity index is 366. The molecule has 0 amide bonds. The molecule has 0 aliphatic rings. The lowest BCUT2D eigenvalue weighted by molar-refractivity contribution is 0.0968. The van der Waals surface area contributed by atoms with E-state index in [0.717, 1.165) is 37.2 Å². The van der Waals surface area contributed by atoms with Gasteiger partial charge >= 0.3 is 0 Å². The van der Waals surface area contributed by atoms with Gasteiger partial charge in [0.25, 0.3) is 0 Å². The molecule has 0 spiro atoms. The van der Waals surface area contributed by atoms with E-state index in [1.807, 2.05) is 17.7 Å². The van der Waals surface area contributed by atoms with Crippen LogP contribution in [0.1, 0.15) is 63.1 Å². The van der Waals surface area contributed by atoms with Crippen LogP contribution in [-0.4, -0.2) is 15.6 Å². The van der Waals surface area contributed by atoms with Crippen molar-refractivity contribution in [1.82, 2.24) is 9.78 Å². The summed E-state index contributed by atoms with van der Waals surface area (Å²) in [5, 5.41) is 4.41. The number of nitrogens with zero attached hydrogens (tertiary/aromatic N) is 2. The molecule has 1 rings (SSSR count). The molecular weight excluding hydrogens is 212 g/mol. The lowest BCUT2D eigenvalue weighted by Gasteiger charge is -2.05. The van der Waals surface area contributed by atoms with E-state index in [-0.39, 0.29) is 5.78 Å². The summed E-state index contributed by atoms with van der Waals surface area (Å²) in [5.74, 6) is 0.907. The van der Waals surface area contributed by atoms with Crippen molar-refractivity contribution in [2.45, 2.75) is 59.9 Å². The highest BCUT2D eigenvalue weighted by Crippen LogP contribution is 2.12. The molecule has 1 aromatic rings. The van der Waals surface area contributed by atoms with Gasteiger partial charge in [0, 0.05) is 13.0 Å². The third-order valence-corrected chi connectivity index (χ3v) is 2.96. The van der Waals surface area contributed by atoms with E-state index in [0.29, 0.717) is 12.3 Å². The minimum Gasteiger partial charge on any atom is -0.292 e. The first kappa shape index (κ1) is 13.9. The Morgan fingerprint density at radius 2 is 2.12 bits per heavy atom. The predicted molar refractivity (Wildman–Crippen MR) is 70.3 cm³/mol. The second kappa shape index (κ2) is 6.58. The molecule has 0 saturated carbocycles. The summed E-state index contributed by atoms with van der Waals surface area (Å²) in [7, 11) is 0. The maximum atomic E-state index is 12.1. The van der Waals surface area contributed by atoms with E-state index in [2.05, 4.69) is 25.9 Å². The number of ketones is 1. The zero-order chi connectivity index (χ0) is 12.8. The molecule has 3 nitrogen and oxygen atoms in total. The Morgan fingerprint density at radius 1 is 1.41 bits per heavy atom. The fourth-order valence-corrected chi connectivity index (χ4v) is 1.91. The van der Waals surface area contributed by atoms with Crippen molar-refractivity contribution < 1.29 is 4.79 Å².